The van der Waals surface area contributed by atoms with Crippen LogP contribution in [0.2, 0.25) is 0 Å². The van der Waals surface area contributed by atoms with Gasteiger partial charge >= 0.3 is 0 Å². The van der Waals surface area contributed by atoms with E-state index in [1.54, 1.807) is 0 Å². The number of hydrogen-bond acceptors (Lipinski definition) is 3. The van der Waals surface area contributed by atoms with Gasteiger partial charge in [0, 0.05) is 22.5 Å². The number of halogens is 1. The molecule has 0 bridgehead atoms. The van der Waals surface area contributed by atoms with Crippen LogP contribution in [0.4, 0.5) is 0 Å². The lowest BCUT2D eigenvalue weighted by Gasteiger charge is -2.00. The van der Waals surface area contributed by atoms with Crippen LogP contribution in [0.1, 0.15) is 25.2 Å². The van der Waals surface area contributed by atoms with Gasteiger partial charge < -0.3 is 9.73 Å². The van der Waals surface area contributed by atoms with Crippen molar-refractivity contribution < 1.29 is 4.42 Å². The van der Waals surface area contributed by atoms with Gasteiger partial charge in [0.2, 0.25) is 0 Å². The van der Waals surface area contributed by atoms with Gasteiger partial charge in [-0.25, -0.2) is 4.98 Å². The second-order valence-electron chi connectivity index (χ2n) is 4.96. The summed E-state index contributed by atoms with van der Waals surface area (Å²) >= 11 is 3.47. The molecule has 0 unspecified atom stereocenters. The summed E-state index contributed by atoms with van der Waals surface area (Å²) in [4.78, 5) is 4.34. The highest BCUT2D eigenvalue weighted by Crippen LogP contribution is 2.24. The van der Waals surface area contributed by atoms with Gasteiger partial charge in [-0.05, 0) is 37.9 Å². The fourth-order valence-corrected chi connectivity index (χ4v) is 2.43. The fraction of sp³-hybridized carbons (Fsp3) is 0.400. The largest absolute Gasteiger partial charge is 0.441 e. The first kappa shape index (κ1) is 12.9. The maximum Gasteiger partial charge on any atom is 0.194 e. The Bertz CT molecular complexity index is 549. The molecule has 1 fully saturated rings. The summed E-state index contributed by atoms with van der Waals surface area (Å²) in [7, 11) is 0. The van der Waals surface area contributed by atoms with Crippen LogP contribution in [0.25, 0.3) is 11.3 Å². The van der Waals surface area contributed by atoms with E-state index in [-0.39, 0.29) is 0 Å². The number of benzene rings is 1. The molecule has 3 nitrogen and oxygen atoms in total. The van der Waals surface area contributed by atoms with Crippen LogP contribution >= 0.6 is 15.9 Å². The molecule has 0 spiro atoms. The van der Waals surface area contributed by atoms with E-state index in [1.807, 2.05) is 30.5 Å². The predicted molar refractivity (Wildman–Crippen MR) is 79.0 cm³/mol. The van der Waals surface area contributed by atoms with Crippen molar-refractivity contribution >= 4 is 15.9 Å². The molecule has 0 saturated heterocycles. The Hall–Kier alpha value is -1.13. The van der Waals surface area contributed by atoms with E-state index >= 15 is 0 Å². The molecular weight excluding hydrogens is 304 g/mol. The minimum atomic E-state index is 0.779. The van der Waals surface area contributed by atoms with Gasteiger partial charge in [0.1, 0.15) is 0 Å². The van der Waals surface area contributed by atoms with Gasteiger partial charge in [0.25, 0.3) is 0 Å². The Kier molecular flexibility index (Phi) is 3.99. The zero-order valence-corrected chi connectivity index (χ0v) is 12.3. The number of oxazole rings is 1. The maximum absolute atomic E-state index is 5.79. The lowest BCUT2D eigenvalue weighted by molar-refractivity contribution is 0.491. The van der Waals surface area contributed by atoms with Gasteiger partial charge in [-0.1, -0.05) is 28.1 Å². The van der Waals surface area contributed by atoms with Crippen molar-refractivity contribution in [1.82, 2.24) is 10.3 Å². The molecule has 1 saturated carbocycles. The molecule has 2 aromatic rings. The van der Waals surface area contributed by atoms with Gasteiger partial charge in [-0.3, -0.25) is 0 Å². The van der Waals surface area contributed by atoms with Crippen molar-refractivity contribution in [3.05, 3.63) is 40.8 Å². The highest BCUT2D eigenvalue weighted by Gasteiger charge is 2.19. The Labute approximate surface area is 121 Å². The zero-order valence-electron chi connectivity index (χ0n) is 10.7. The number of nitrogens with one attached hydrogen (secondary N) is 1. The first-order valence-corrected chi connectivity index (χ1v) is 7.54. The number of rotatable bonds is 6. The lowest BCUT2D eigenvalue weighted by atomic mass is 10.2. The molecule has 3 rings (SSSR count). The molecule has 0 radical (unpaired) electrons. The topological polar surface area (TPSA) is 38.1 Å². The number of hydrogen-bond donors (Lipinski definition) is 1. The zero-order chi connectivity index (χ0) is 13.1. The first-order chi connectivity index (χ1) is 9.31. The van der Waals surface area contributed by atoms with Crippen LogP contribution in [0.5, 0.6) is 0 Å². The monoisotopic (exact) mass is 320 g/mol. The third-order valence-electron chi connectivity index (χ3n) is 3.24. The Morgan fingerprint density at radius 2 is 2.26 bits per heavy atom. The van der Waals surface area contributed by atoms with Crippen LogP contribution in [0.15, 0.2) is 39.4 Å². The van der Waals surface area contributed by atoms with Crippen molar-refractivity contribution in [2.45, 2.75) is 31.7 Å². The molecule has 1 heterocycles. The van der Waals surface area contributed by atoms with Crippen LogP contribution in [-0.4, -0.2) is 17.6 Å². The van der Waals surface area contributed by atoms with Crippen molar-refractivity contribution in [2.75, 3.05) is 6.54 Å². The minimum Gasteiger partial charge on any atom is -0.441 e. The average molecular weight is 321 g/mol. The average Bonchev–Trinajstić information content (AvgIpc) is 3.11. The lowest BCUT2D eigenvalue weighted by Crippen LogP contribution is -2.17. The second kappa shape index (κ2) is 5.88. The molecule has 1 N–H and O–H groups in total. The van der Waals surface area contributed by atoms with Crippen LogP contribution in [0, 0.1) is 0 Å². The fourth-order valence-electron chi connectivity index (χ4n) is 2.03. The van der Waals surface area contributed by atoms with Crippen molar-refractivity contribution in [2.24, 2.45) is 0 Å². The highest BCUT2D eigenvalue weighted by atomic mass is 79.9. The Morgan fingerprint density at radius 3 is 3.05 bits per heavy atom. The summed E-state index contributed by atoms with van der Waals surface area (Å²) in [6, 6.07) is 8.86. The molecule has 100 valence electrons. The van der Waals surface area contributed by atoms with Crippen LogP contribution in [0.3, 0.4) is 0 Å². The van der Waals surface area contributed by atoms with E-state index in [0.717, 1.165) is 47.1 Å². The molecule has 1 aromatic heterocycles. The standard InChI is InChI=1S/C15H17BrN2O/c16-12-4-1-3-11(9-12)14-10-18-15(19-14)5-2-8-17-13-6-7-13/h1,3-4,9-10,13,17H,2,5-8H2. The Balaban J connectivity index is 1.56. The highest BCUT2D eigenvalue weighted by molar-refractivity contribution is 9.10. The van der Waals surface area contributed by atoms with Crippen molar-refractivity contribution in [1.29, 1.82) is 0 Å². The third kappa shape index (κ3) is 3.67. The molecule has 19 heavy (non-hydrogen) atoms. The molecule has 0 atom stereocenters. The van der Waals surface area contributed by atoms with E-state index < -0.39 is 0 Å². The summed E-state index contributed by atoms with van der Waals surface area (Å²) in [6.45, 7) is 1.05. The van der Waals surface area contributed by atoms with Gasteiger partial charge in [-0.2, -0.15) is 0 Å². The van der Waals surface area contributed by atoms with E-state index in [0.29, 0.717) is 0 Å². The summed E-state index contributed by atoms with van der Waals surface area (Å²) in [6.07, 6.45) is 6.46. The molecule has 4 heteroatoms. The second-order valence-corrected chi connectivity index (χ2v) is 5.88. The summed E-state index contributed by atoms with van der Waals surface area (Å²) in [5.74, 6) is 1.67. The van der Waals surface area contributed by atoms with Crippen LogP contribution < -0.4 is 5.32 Å². The maximum atomic E-state index is 5.79. The summed E-state index contributed by atoms with van der Waals surface area (Å²) in [5.41, 5.74) is 1.06. The molecule has 1 aromatic carbocycles. The van der Waals surface area contributed by atoms with E-state index in [2.05, 4.69) is 26.2 Å². The summed E-state index contributed by atoms with van der Waals surface area (Å²) < 4.78 is 6.84. The predicted octanol–water partition coefficient (Wildman–Crippen LogP) is 3.79. The van der Waals surface area contributed by atoms with E-state index in [9.17, 15) is 0 Å². The van der Waals surface area contributed by atoms with E-state index in [4.69, 9.17) is 4.42 Å². The van der Waals surface area contributed by atoms with Gasteiger partial charge in [-0.15, -0.1) is 0 Å². The molecule has 0 aliphatic heterocycles. The van der Waals surface area contributed by atoms with Crippen LogP contribution in [-0.2, 0) is 6.42 Å². The Morgan fingerprint density at radius 1 is 1.37 bits per heavy atom. The summed E-state index contributed by atoms with van der Waals surface area (Å²) in [5, 5.41) is 3.50. The number of aryl methyl sites for hydroxylation is 1. The molecular formula is C15H17BrN2O. The molecule has 1 aliphatic rings. The smallest absolute Gasteiger partial charge is 0.194 e. The van der Waals surface area contributed by atoms with Gasteiger partial charge in [0.15, 0.2) is 11.7 Å². The normalized spacial score (nSPS) is 14.8. The van der Waals surface area contributed by atoms with E-state index in [1.165, 1.54) is 12.8 Å². The first-order valence-electron chi connectivity index (χ1n) is 6.75. The van der Waals surface area contributed by atoms with Gasteiger partial charge in [0.05, 0.1) is 6.20 Å². The third-order valence-corrected chi connectivity index (χ3v) is 3.73. The molecule has 1 aliphatic carbocycles. The minimum absolute atomic E-state index is 0.779. The van der Waals surface area contributed by atoms with Crippen molar-refractivity contribution in [3.63, 3.8) is 0 Å². The quantitative estimate of drug-likeness (QED) is 0.823. The molecule has 0 amide bonds. The van der Waals surface area contributed by atoms with Crippen molar-refractivity contribution in [3.8, 4) is 11.3 Å². The number of nitrogens with zero attached hydrogens (tertiary/aromatic N) is 1. The number of aromatic nitrogens is 1. The SMILES string of the molecule is Brc1cccc(-c2cnc(CCCNC3CC3)o2)c1.